The van der Waals surface area contributed by atoms with Crippen LogP contribution < -0.4 is 26.6 Å². The molecule has 0 aliphatic heterocycles. The molecule has 35 heavy (non-hydrogen) atoms. The number of amides is 3. The van der Waals surface area contributed by atoms with Gasteiger partial charge in [-0.3, -0.25) is 14.4 Å². The molecule has 0 saturated carbocycles. The molecule has 0 aliphatic carbocycles. The summed E-state index contributed by atoms with van der Waals surface area (Å²) in [5, 5.41) is 14.9. The van der Waals surface area contributed by atoms with Gasteiger partial charge in [-0.2, -0.15) is 0 Å². The van der Waals surface area contributed by atoms with E-state index in [-0.39, 0.29) is 17.7 Å². The van der Waals surface area contributed by atoms with Crippen molar-refractivity contribution in [3.63, 3.8) is 0 Å². The summed E-state index contributed by atoms with van der Waals surface area (Å²) in [6, 6.07) is 3.48. The zero-order valence-corrected chi connectivity index (χ0v) is 22.1. The van der Waals surface area contributed by atoms with Crippen LogP contribution in [0.5, 0.6) is 0 Å². The lowest BCUT2D eigenvalue weighted by molar-refractivity contribution is -0.113. The van der Waals surface area contributed by atoms with Crippen LogP contribution in [0.1, 0.15) is 40.7 Å². The van der Waals surface area contributed by atoms with Gasteiger partial charge in [0, 0.05) is 52.8 Å². The average Bonchev–Trinajstić information content (AvgIpc) is 3.39. The lowest BCUT2D eigenvalue weighted by Crippen LogP contribution is -2.30. The van der Waals surface area contributed by atoms with E-state index in [1.807, 2.05) is 26.4 Å². The van der Waals surface area contributed by atoms with Crippen molar-refractivity contribution in [1.29, 1.82) is 0 Å². The molecule has 11 nitrogen and oxygen atoms in total. The number of nitrogens with zero attached hydrogens (tertiary/aromatic N) is 2. The van der Waals surface area contributed by atoms with E-state index in [9.17, 15) is 14.4 Å². The van der Waals surface area contributed by atoms with Gasteiger partial charge < -0.3 is 40.5 Å². The Kier molecular flexibility index (Phi) is 14.0. The van der Waals surface area contributed by atoms with E-state index < -0.39 is 0 Å². The first-order valence-corrected chi connectivity index (χ1v) is 12.3. The van der Waals surface area contributed by atoms with Crippen molar-refractivity contribution in [1.82, 2.24) is 25.1 Å². The predicted molar refractivity (Wildman–Crippen MR) is 142 cm³/mol. The number of aromatic nitrogens is 2. The maximum atomic E-state index is 12.3. The van der Waals surface area contributed by atoms with Crippen molar-refractivity contribution in [3.8, 4) is 0 Å². The van der Waals surface area contributed by atoms with Crippen molar-refractivity contribution in [2.24, 2.45) is 14.1 Å². The molecular weight excluding hydrogens is 469 g/mol. The van der Waals surface area contributed by atoms with Gasteiger partial charge in [0.15, 0.2) is 0 Å². The normalized spacial score (nSPS) is 10.1. The minimum Gasteiger partial charge on any atom is -0.387 e. The second-order valence-electron chi connectivity index (χ2n) is 7.66. The summed E-state index contributed by atoms with van der Waals surface area (Å²) in [5.74, 6) is -0.390. The van der Waals surface area contributed by atoms with Gasteiger partial charge in [-0.15, -0.1) is 9.24 Å². The van der Waals surface area contributed by atoms with E-state index in [2.05, 4.69) is 35.8 Å². The number of carbonyl (C=O) groups is 4. The molecule has 0 aliphatic rings. The van der Waals surface area contributed by atoms with Crippen LogP contribution in [0.25, 0.3) is 0 Å². The van der Waals surface area contributed by atoms with Crippen molar-refractivity contribution >= 4 is 44.6 Å². The number of hydrogen-bond acceptors (Lipinski definition) is 6. The van der Waals surface area contributed by atoms with E-state index in [0.29, 0.717) is 36.3 Å². The molecule has 194 valence electrons. The minimum absolute atomic E-state index is 0.0892. The monoisotopic (exact) mass is 507 g/mol. The van der Waals surface area contributed by atoms with Gasteiger partial charge in [-0.1, -0.05) is 0 Å². The molecule has 12 heteroatoms. The van der Waals surface area contributed by atoms with Gasteiger partial charge >= 0.3 is 0 Å². The van der Waals surface area contributed by atoms with Crippen LogP contribution in [0.3, 0.4) is 0 Å². The van der Waals surface area contributed by atoms with E-state index >= 15 is 0 Å². The zero-order chi connectivity index (χ0) is 26.2. The molecule has 2 aromatic rings. The molecule has 0 fully saturated rings. The smallest absolute Gasteiger partial charge is 0.267 e. The maximum absolute atomic E-state index is 12.3. The number of anilines is 2. The van der Waals surface area contributed by atoms with Gasteiger partial charge in [0.2, 0.25) is 5.91 Å². The molecule has 3 amide bonds. The highest BCUT2D eigenvalue weighted by atomic mass is 31.0. The highest BCUT2D eigenvalue weighted by Crippen LogP contribution is 2.13. The highest BCUT2D eigenvalue weighted by molar-refractivity contribution is 7.18. The van der Waals surface area contributed by atoms with Crippen LogP contribution in [0.2, 0.25) is 0 Å². The molecule has 0 bridgehead atoms. The number of aldehydes is 1. The van der Waals surface area contributed by atoms with Crippen molar-refractivity contribution in [2.75, 3.05) is 50.0 Å². The van der Waals surface area contributed by atoms with Gasteiger partial charge in [0.1, 0.15) is 17.7 Å². The fourth-order valence-corrected chi connectivity index (χ4v) is 3.24. The molecule has 1 unspecified atom stereocenters. The van der Waals surface area contributed by atoms with Crippen LogP contribution >= 0.6 is 9.24 Å². The molecular formula is C23H38N7O4P. The summed E-state index contributed by atoms with van der Waals surface area (Å²) in [4.78, 5) is 44.8. The summed E-state index contributed by atoms with van der Waals surface area (Å²) in [6.07, 6.45) is 6.24. The molecule has 2 aromatic heterocycles. The Morgan fingerprint density at radius 1 is 0.886 bits per heavy atom. The Balaban J connectivity index is 0.00000194. The van der Waals surface area contributed by atoms with E-state index in [4.69, 9.17) is 4.79 Å². The summed E-state index contributed by atoms with van der Waals surface area (Å²) in [5.41, 5.74) is 2.62. The van der Waals surface area contributed by atoms with Crippen LogP contribution in [0.15, 0.2) is 24.5 Å². The van der Waals surface area contributed by atoms with E-state index in [0.717, 1.165) is 37.9 Å². The Hall–Kier alpha value is -3.17. The third-order valence-electron chi connectivity index (χ3n) is 4.86. The first kappa shape index (κ1) is 29.9. The van der Waals surface area contributed by atoms with Crippen molar-refractivity contribution in [2.45, 2.75) is 19.8 Å². The van der Waals surface area contributed by atoms with Crippen LogP contribution in [-0.2, 0) is 23.7 Å². The molecule has 2 rings (SSSR count). The number of aryl methyl sites for hydroxylation is 2. The van der Waals surface area contributed by atoms with E-state index in [1.165, 1.54) is 6.92 Å². The fourth-order valence-electron chi connectivity index (χ4n) is 3.13. The molecule has 0 spiro atoms. The number of nitrogens with one attached hydrogen (secondary N) is 5. The SMILES string of the molecule is CC=O.CNc1cc(C(=O)NCCCNCCCNC(=O)c2cc(NC(=O)CP)cn2C)n(C)c1. The number of rotatable bonds is 13. The molecule has 0 saturated heterocycles. The molecule has 1 atom stereocenters. The topological polar surface area (TPSA) is 138 Å². The lowest BCUT2D eigenvalue weighted by Gasteiger charge is -2.08. The summed E-state index contributed by atoms with van der Waals surface area (Å²) < 4.78 is 3.49. The first-order chi connectivity index (χ1) is 16.8. The Labute approximate surface area is 209 Å². The predicted octanol–water partition coefficient (Wildman–Crippen LogP) is 0.954. The zero-order valence-electron chi connectivity index (χ0n) is 20.9. The summed E-state index contributed by atoms with van der Waals surface area (Å²) >= 11 is 0. The van der Waals surface area contributed by atoms with Crippen molar-refractivity contribution in [3.05, 3.63) is 35.9 Å². The Morgan fingerprint density at radius 3 is 1.77 bits per heavy atom. The quantitative estimate of drug-likeness (QED) is 0.156. The summed E-state index contributed by atoms with van der Waals surface area (Å²) in [7, 11) is 7.79. The minimum atomic E-state index is -0.177. The summed E-state index contributed by atoms with van der Waals surface area (Å²) in [6.45, 7) is 4.12. The highest BCUT2D eigenvalue weighted by Gasteiger charge is 2.13. The van der Waals surface area contributed by atoms with Crippen molar-refractivity contribution < 1.29 is 19.2 Å². The lowest BCUT2D eigenvalue weighted by atomic mass is 10.3. The molecule has 0 aromatic carbocycles. The Bertz CT molecular complexity index is 971. The molecule has 5 N–H and O–H groups in total. The average molecular weight is 508 g/mol. The number of hydrogen-bond donors (Lipinski definition) is 5. The van der Waals surface area contributed by atoms with Gasteiger partial charge in [-0.25, -0.2) is 0 Å². The second-order valence-corrected chi connectivity index (χ2v) is 8.07. The first-order valence-electron chi connectivity index (χ1n) is 11.4. The van der Waals surface area contributed by atoms with Crippen LogP contribution in [0, 0.1) is 0 Å². The molecule has 2 heterocycles. The second kappa shape index (κ2) is 16.5. The van der Waals surface area contributed by atoms with Gasteiger partial charge in [-0.05, 0) is 45.0 Å². The Morgan fingerprint density at radius 2 is 1.34 bits per heavy atom. The van der Waals surface area contributed by atoms with Gasteiger partial charge in [0.25, 0.3) is 11.8 Å². The van der Waals surface area contributed by atoms with Crippen LogP contribution in [0.4, 0.5) is 11.4 Å². The maximum Gasteiger partial charge on any atom is 0.267 e. The third kappa shape index (κ3) is 10.7. The van der Waals surface area contributed by atoms with E-state index in [1.54, 1.807) is 28.4 Å². The molecule has 0 radical (unpaired) electrons. The third-order valence-corrected chi connectivity index (χ3v) is 5.24. The number of carbonyl (C=O) groups excluding carboxylic acids is 4. The van der Waals surface area contributed by atoms with Crippen LogP contribution in [-0.4, -0.2) is 72.5 Å². The standard InChI is InChI=1S/C21H34N7O3P.C2H4O/c1-22-15-10-17(27(2)12-15)20(30)24-8-4-6-23-7-5-9-25-21(31)18-11-16(13-28(18)3)26-19(29)14-32;1-2-3/h10-13,22-23H,4-9,14,32H2,1-3H3,(H,24,30)(H,25,31)(H,26,29);2H,1H3. The fraction of sp³-hybridized carbons (Fsp3) is 0.478. The van der Waals surface area contributed by atoms with Gasteiger partial charge in [0.05, 0.1) is 11.4 Å². The largest absolute Gasteiger partial charge is 0.387 e.